The molecule has 0 saturated heterocycles. The molecule has 29 heavy (non-hydrogen) atoms. The second-order valence-corrected chi connectivity index (χ2v) is 6.71. The van der Waals surface area contributed by atoms with Gasteiger partial charge in [0.15, 0.2) is 11.5 Å². The van der Waals surface area contributed by atoms with Gasteiger partial charge in [-0.2, -0.15) is 19.0 Å². The van der Waals surface area contributed by atoms with Crippen molar-refractivity contribution in [2.24, 2.45) is 0 Å². The maximum Gasteiger partial charge on any atom is 0.387 e. The summed E-state index contributed by atoms with van der Waals surface area (Å²) in [5, 5.41) is 13.4. The number of aromatic amines is 3. The first-order valence-corrected chi connectivity index (χ1v) is 8.94. The molecule has 1 aromatic carbocycles. The largest absolute Gasteiger partial charge is 0.487 e. The number of hydrogen-bond acceptors (Lipinski definition) is 5. The van der Waals surface area contributed by atoms with E-state index in [1.54, 1.807) is 24.5 Å². The molecule has 0 spiro atoms. The van der Waals surface area contributed by atoms with Gasteiger partial charge in [0.1, 0.15) is 0 Å². The molecule has 3 aromatic heterocycles. The van der Waals surface area contributed by atoms with Crippen LogP contribution in [0.4, 0.5) is 8.78 Å². The first-order chi connectivity index (χ1) is 14.1. The summed E-state index contributed by atoms with van der Waals surface area (Å²) in [5.74, 6) is 0.199. The zero-order chi connectivity index (χ0) is 20.0. The van der Waals surface area contributed by atoms with Crippen LogP contribution in [0.2, 0.25) is 0 Å². The molecule has 3 heterocycles. The standard InChI is InChI=1S/C19H15F2N5O3/c20-19(21)29-13-4-1-9(5-14(13)28-11-2-3-11)17-15(10-6-22-23-7-10)16-12(25-17)8-24-26-18(16)27/h1,4-8,11,19,25H,2-3H2,(H,22,23)(H,26,27). The lowest BCUT2D eigenvalue weighted by molar-refractivity contribution is -0.0516. The second kappa shape index (κ2) is 6.73. The van der Waals surface area contributed by atoms with E-state index in [-0.39, 0.29) is 23.2 Å². The Morgan fingerprint density at radius 2 is 1.97 bits per heavy atom. The normalized spacial score (nSPS) is 13.9. The van der Waals surface area contributed by atoms with Crippen molar-refractivity contribution in [2.75, 3.05) is 0 Å². The summed E-state index contributed by atoms with van der Waals surface area (Å²) in [4.78, 5) is 15.6. The Kier molecular flexibility index (Phi) is 4.04. The van der Waals surface area contributed by atoms with Gasteiger partial charge in [0.05, 0.1) is 35.1 Å². The molecule has 148 valence electrons. The van der Waals surface area contributed by atoms with Crippen LogP contribution in [0, 0.1) is 0 Å². The van der Waals surface area contributed by atoms with Crippen LogP contribution in [-0.4, -0.2) is 38.1 Å². The fourth-order valence-corrected chi connectivity index (χ4v) is 3.27. The van der Waals surface area contributed by atoms with E-state index < -0.39 is 6.61 Å². The van der Waals surface area contributed by atoms with Gasteiger partial charge < -0.3 is 14.5 Å². The van der Waals surface area contributed by atoms with Crippen LogP contribution in [0.25, 0.3) is 33.3 Å². The van der Waals surface area contributed by atoms with Crippen LogP contribution in [0.1, 0.15) is 12.8 Å². The smallest absolute Gasteiger partial charge is 0.387 e. The van der Waals surface area contributed by atoms with Crippen molar-refractivity contribution in [2.45, 2.75) is 25.6 Å². The van der Waals surface area contributed by atoms with Gasteiger partial charge in [-0.05, 0) is 31.0 Å². The van der Waals surface area contributed by atoms with Crippen molar-refractivity contribution in [3.63, 3.8) is 0 Å². The lowest BCUT2D eigenvalue weighted by Crippen LogP contribution is -2.07. The van der Waals surface area contributed by atoms with Gasteiger partial charge >= 0.3 is 6.61 Å². The maximum atomic E-state index is 12.8. The van der Waals surface area contributed by atoms with Crippen LogP contribution in [0.15, 0.2) is 41.6 Å². The molecule has 0 amide bonds. The van der Waals surface area contributed by atoms with Crippen molar-refractivity contribution in [1.29, 1.82) is 0 Å². The van der Waals surface area contributed by atoms with E-state index in [2.05, 4.69) is 30.1 Å². The van der Waals surface area contributed by atoms with Gasteiger partial charge in [0.2, 0.25) is 0 Å². The fourth-order valence-electron chi connectivity index (χ4n) is 3.27. The molecule has 0 atom stereocenters. The fraction of sp³-hybridized carbons (Fsp3) is 0.211. The van der Waals surface area contributed by atoms with E-state index in [1.807, 2.05) is 0 Å². The average Bonchev–Trinajstić information content (AvgIpc) is 3.18. The number of aromatic nitrogens is 5. The molecule has 1 aliphatic carbocycles. The molecule has 0 aliphatic heterocycles. The molecule has 1 aliphatic rings. The number of halogens is 2. The molecule has 4 aromatic rings. The van der Waals surface area contributed by atoms with E-state index >= 15 is 0 Å². The van der Waals surface area contributed by atoms with Crippen molar-refractivity contribution in [3.8, 4) is 33.9 Å². The van der Waals surface area contributed by atoms with Gasteiger partial charge in [0, 0.05) is 22.9 Å². The molecule has 0 radical (unpaired) electrons. The van der Waals surface area contributed by atoms with Crippen LogP contribution in [-0.2, 0) is 0 Å². The molecule has 0 unspecified atom stereocenters. The number of hydrogen-bond donors (Lipinski definition) is 3. The predicted molar refractivity (Wildman–Crippen MR) is 100 cm³/mol. The number of nitrogens with one attached hydrogen (secondary N) is 3. The molecule has 1 fully saturated rings. The highest BCUT2D eigenvalue weighted by atomic mass is 19.3. The number of H-pyrrole nitrogens is 3. The molecule has 5 rings (SSSR count). The Balaban J connectivity index is 1.70. The minimum atomic E-state index is -2.96. The zero-order valence-electron chi connectivity index (χ0n) is 14.9. The SMILES string of the molecule is O=c1[nH]ncc2[nH]c(-c3ccc(OC(F)F)c(OC4CC4)c3)c(-c3cn[nH]c3)c12. The third kappa shape index (κ3) is 3.22. The molecule has 8 nitrogen and oxygen atoms in total. The zero-order valence-corrected chi connectivity index (χ0v) is 14.9. The Labute approximate surface area is 161 Å². The minimum absolute atomic E-state index is 0.00613. The van der Waals surface area contributed by atoms with E-state index in [0.29, 0.717) is 33.3 Å². The Morgan fingerprint density at radius 1 is 1.10 bits per heavy atom. The lowest BCUT2D eigenvalue weighted by atomic mass is 10.0. The van der Waals surface area contributed by atoms with E-state index in [1.165, 1.54) is 12.3 Å². The Hall–Kier alpha value is -3.69. The molecule has 0 bridgehead atoms. The highest BCUT2D eigenvalue weighted by molar-refractivity contribution is 6.02. The summed E-state index contributed by atoms with van der Waals surface area (Å²) in [6, 6.07) is 4.70. The number of alkyl halides is 2. The number of nitrogens with zero attached hydrogens (tertiary/aromatic N) is 2. The molecule has 3 N–H and O–H groups in total. The molecular formula is C19H15F2N5O3. The first kappa shape index (κ1) is 17.4. The molecule has 1 saturated carbocycles. The lowest BCUT2D eigenvalue weighted by Gasteiger charge is -2.13. The highest BCUT2D eigenvalue weighted by Crippen LogP contribution is 2.41. The predicted octanol–water partition coefficient (Wildman–Crippen LogP) is 3.45. The summed E-state index contributed by atoms with van der Waals surface area (Å²) in [5.41, 5.74) is 2.77. The average molecular weight is 399 g/mol. The van der Waals surface area contributed by atoms with E-state index in [9.17, 15) is 13.6 Å². The number of rotatable bonds is 6. The third-order valence-corrected chi connectivity index (χ3v) is 4.67. The second-order valence-electron chi connectivity index (χ2n) is 6.71. The topological polar surface area (TPSA) is 109 Å². The maximum absolute atomic E-state index is 12.8. The quantitative estimate of drug-likeness (QED) is 0.460. The van der Waals surface area contributed by atoms with E-state index in [0.717, 1.165) is 12.8 Å². The highest BCUT2D eigenvalue weighted by Gasteiger charge is 2.26. The van der Waals surface area contributed by atoms with Crippen LogP contribution >= 0.6 is 0 Å². The first-order valence-electron chi connectivity index (χ1n) is 8.94. The summed E-state index contributed by atoms with van der Waals surface area (Å²) in [6.45, 7) is -2.96. The summed E-state index contributed by atoms with van der Waals surface area (Å²) >= 11 is 0. The number of fused-ring (bicyclic) bond motifs is 1. The Morgan fingerprint density at radius 3 is 2.69 bits per heavy atom. The van der Waals surface area contributed by atoms with Crippen molar-refractivity contribution < 1.29 is 18.3 Å². The van der Waals surface area contributed by atoms with E-state index in [4.69, 9.17) is 4.74 Å². The van der Waals surface area contributed by atoms with Crippen LogP contribution in [0.3, 0.4) is 0 Å². The summed E-state index contributed by atoms with van der Waals surface area (Å²) in [6.07, 6.45) is 6.51. The Bertz CT molecular complexity index is 1230. The van der Waals surface area contributed by atoms with Crippen molar-refractivity contribution >= 4 is 10.9 Å². The van der Waals surface area contributed by atoms with Gasteiger partial charge in [-0.3, -0.25) is 9.89 Å². The van der Waals surface area contributed by atoms with Gasteiger partial charge in [-0.1, -0.05) is 0 Å². The monoisotopic (exact) mass is 399 g/mol. The van der Waals surface area contributed by atoms with Gasteiger partial charge in [0.25, 0.3) is 5.56 Å². The van der Waals surface area contributed by atoms with Crippen LogP contribution in [0.5, 0.6) is 11.5 Å². The van der Waals surface area contributed by atoms with Crippen molar-refractivity contribution in [3.05, 3.63) is 47.1 Å². The summed E-state index contributed by atoms with van der Waals surface area (Å²) < 4.78 is 35.9. The summed E-state index contributed by atoms with van der Waals surface area (Å²) in [7, 11) is 0. The number of benzene rings is 1. The number of ether oxygens (including phenoxy) is 2. The van der Waals surface area contributed by atoms with Gasteiger partial charge in [-0.15, -0.1) is 0 Å². The molecule has 10 heteroatoms. The van der Waals surface area contributed by atoms with Crippen molar-refractivity contribution in [1.82, 2.24) is 25.4 Å². The third-order valence-electron chi connectivity index (χ3n) is 4.67. The van der Waals surface area contributed by atoms with Gasteiger partial charge in [-0.25, -0.2) is 5.10 Å². The molecular weight excluding hydrogens is 384 g/mol. The van der Waals surface area contributed by atoms with Crippen LogP contribution < -0.4 is 15.0 Å². The minimum Gasteiger partial charge on any atom is -0.487 e.